The summed E-state index contributed by atoms with van der Waals surface area (Å²) in [6.45, 7) is 0. The number of carbonyl (C=O) groups is 1. The van der Waals surface area contributed by atoms with E-state index >= 15 is 0 Å². The van der Waals surface area contributed by atoms with Crippen molar-refractivity contribution in [1.82, 2.24) is 15.5 Å². The smallest absolute Gasteiger partial charge is 0.272 e. The predicted molar refractivity (Wildman–Crippen MR) is 84.5 cm³/mol. The van der Waals surface area contributed by atoms with Gasteiger partial charge in [0.25, 0.3) is 5.91 Å². The van der Waals surface area contributed by atoms with Gasteiger partial charge in [0, 0.05) is 10.9 Å². The number of benzene rings is 1. The molecule has 4 saturated carbocycles. The van der Waals surface area contributed by atoms with Crippen molar-refractivity contribution in [3.63, 3.8) is 0 Å². The Kier molecular flexibility index (Phi) is 2.50. The van der Waals surface area contributed by atoms with Crippen molar-refractivity contribution in [3.05, 3.63) is 30.0 Å². The molecule has 0 aliphatic heterocycles. The second kappa shape index (κ2) is 4.34. The topological polar surface area (TPSA) is 57.8 Å². The molecule has 1 heterocycles. The van der Waals surface area contributed by atoms with Crippen molar-refractivity contribution in [2.24, 2.45) is 17.8 Å². The van der Waals surface area contributed by atoms with Gasteiger partial charge in [0.2, 0.25) is 0 Å². The van der Waals surface area contributed by atoms with Crippen LogP contribution in [-0.4, -0.2) is 21.6 Å². The number of amides is 1. The van der Waals surface area contributed by atoms with Gasteiger partial charge in [-0.05, 0) is 62.3 Å². The number of para-hydroxylation sites is 1. The van der Waals surface area contributed by atoms with E-state index in [1.807, 2.05) is 24.3 Å². The SMILES string of the molecule is O=C(NC12CC3CC(CC(C3)C1)C2)c1n[nH]c2ccccc12. The number of nitrogens with one attached hydrogen (secondary N) is 2. The van der Waals surface area contributed by atoms with Crippen molar-refractivity contribution < 1.29 is 4.79 Å². The van der Waals surface area contributed by atoms with Gasteiger partial charge in [0.1, 0.15) is 0 Å². The van der Waals surface area contributed by atoms with Crippen LogP contribution in [0.4, 0.5) is 0 Å². The Balaban J connectivity index is 1.45. The molecule has 0 saturated heterocycles. The zero-order chi connectivity index (χ0) is 14.7. The molecule has 0 atom stereocenters. The van der Waals surface area contributed by atoms with Crippen LogP contribution in [0, 0.1) is 17.8 Å². The quantitative estimate of drug-likeness (QED) is 0.893. The van der Waals surface area contributed by atoms with E-state index in [1.165, 1.54) is 38.5 Å². The van der Waals surface area contributed by atoms with E-state index in [1.54, 1.807) is 0 Å². The summed E-state index contributed by atoms with van der Waals surface area (Å²) >= 11 is 0. The van der Waals surface area contributed by atoms with Crippen molar-refractivity contribution in [1.29, 1.82) is 0 Å². The molecule has 6 rings (SSSR count). The summed E-state index contributed by atoms with van der Waals surface area (Å²) in [5, 5.41) is 11.5. The van der Waals surface area contributed by atoms with Crippen molar-refractivity contribution in [2.75, 3.05) is 0 Å². The number of fused-ring (bicyclic) bond motifs is 1. The Morgan fingerprint density at radius 2 is 1.73 bits per heavy atom. The Morgan fingerprint density at radius 1 is 1.09 bits per heavy atom. The predicted octanol–water partition coefficient (Wildman–Crippen LogP) is 3.26. The lowest BCUT2D eigenvalue weighted by Gasteiger charge is -2.56. The zero-order valence-corrected chi connectivity index (χ0v) is 12.6. The highest BCUT2D eigenvalue weighted by atomic mass is 16.2. The van der Waals surface area contributed by atoms with Crippen LogP contribution in [-0.2, 0) is 0 Å². The van der Waals surface area contributed by atoms with Crippen LogP contribution in [0.25, 0.3) is 10.9 Å². The molecule has 4 heteroatoms. The largest absolute Gasteiger partial charge is 0.345 e. The standard InChI is InChI=1S/C18H21N3O/c22-17(16-14-3-1-2-4-15(14)20-21-16)19-18-8-11-5-12(9-18)7-13(6-11)10-18/h1-4,11-13H,5-10H2,(H,19,22)(H,20,21). The summed E-state index contributed by atoms with van der Waals surface area (Å²) in [6, 6.07) is 7.85. The molecule has 4 fully saturated rings. The lowest BCUT2D eigenvalue weighted by molar-refractivity contribution is -0.0167. The van der Waals surface area contributed by atoms with Gasteiger partial charge in [-0.1, -0.05) is 18.2 Å². The zero-order valence-electron chi connectivity index (χ0n) is 12.6. The molecular weight excluding hydrogens is 274 g/mol. The van der Waals surface area contributed by atoms with E-state index in [2.05, 4.69) is 15.5 Å². The Hall–Kier alpha value is -1.84. The van der Waals surface area contributed by atoms with Gasteiger partial charge < -0.3 is 5.32 Å². The van der Waals surface area contributed by atoms with Crippen LogP contribution < -0.4 is 5.32 Å². The number of aromatic nitrogens is 2. The Morgan fingerprint density at radius 3 is 2.41 bits per heavy atom. The van der Waals surface area contributed by atoms with Gasteiger partial charge in [0.05, 0.1) is 5.52 Å². The molecule has 0 spiro atoms. The highest BCUT2D eigenvalue weighted by molar-refractivity contribution is 6.04. The van der Waals surface area contributed by atoms with Crippen LogP contribution in [0.3, 0.4) is 0 Å². The minimum atomic E-state index is -0.000556. The molecule has 0 unspecified atom stereocenters. The average molecular weight is 295 g/mol. The molecule has 0 radical (unpaired) electrons. The molecular formula is C18H21N3O. The van der Waals surface area contributed by atoms with Crippen LogP contribution in [0.15, 0.2) is 24.3 Å². The maximum Gasteiger partial charge on any atom is 0.272 e. The van der Waals surface area contributed by atoms with Crippen molar-refractivity contribution in [2.45, 2.75) is 44.1 Å². The molecule has 22 heavy (non-hydrogen) atoms. The normalized spacial score (nSPS) is 35.9. The van der Waals surface area contributed by atoms with Gasteiger partial charge in [0.15, 0.2) is 5.69 Å². The molecule has 2 N–H and O–H groups in total. The summed E-state index contributed by atoms with van der Waals surface area (Å²) in [7, 11) is 0. The first-order chi connectivity index (χ1) is 10.7. The van der Waals surface area contributed by atoms with Gasteiger partial charge in [-0.3, -0.25) is 9.89 Å². The molecule has 4 aliphatic rings. The number of carbonyl (C=O) groups excluding carboxylic acids is 1. The van der Waals surface area contributed by atoms with Crippen LogP contribution >= 0.6 is 0 Å². The maximum atomic E-state index is 12.8. The van der Waals surface area contributed by atoms with Crippen molar-refractivity contribution >= 4 is 16.8 Å². The van der Waals surface area contributed by atoms with E-state index in [0.717, 1.165) is 28.7 Å². The molecule has 114 valence electrons. The van der Waals surface area contributed by atoms with Gasteiger partial charge in [-0.15, -0.1) is 0 Å². The minimum Gasteiger partial charge on any atom is -0.345 e. The molecule has 1 aromatic heterocycles. The fourth-order valence-corrected chi connectivity index (χ4v) is 5.70. The second-order valence-electron chi connectivity index (χ2n) is 7.77. The fraction of sp³-hybridized carbons (Fsp3) is 0.556. The highest BCUT2D eigenvalue weighted by Gasteiger charge is 2.51. The van der Waals surface area contributed by atoms with E-state index in [9.17, 15) is 4.79 Å². The van der Waals surface area contributed by atoms with Crippen LogP contribution in [0.2, 0.25) is 0 Å². The second-order valence-corrected chi connectivity index (χ2v) is 7.77. The third kappa shape index (κ3) is 1.82. The van der Waals surface area contributed by atoms with Gasteiger partial charge in [-0.2, -0.15) is 5.10 Å². The summed E-state index contributed by atoms with van der Waals surface area (Å²) < 4.78 is 0. The molecule has 4 aliphatic carbocycles. The monoisotopic (exact) mass is 295 g/mol. The third-order valence-electron chi connectivity index (χ3n) is 6.10. The first-order valence-electron chi connectivity index (χ1n) is 8.46. The lowest BCUT2D eigenvalue weighted by Crippen LogP contribution is -2.59. The van der Waals surface area contributed by atoms with E-state index < -0.39 is 0 Å². The Labute approximate surface area is 129 Å². The molecule has 4 bridgehead atoms. The summed E-state index contributed by atoms with van der Waals surface area (Å²) in [6.07, 6.45) is 7.69. The summed E-state index contributed by atoms with van der Waals surface area (Å²) in [4.78, 5) is 12.8. The van der Waals surface area contributed by atoms with Crippen molar-refractivity contribution in [3.8, 4) is 0 Å². The first kappa shape index (κ1) is 12.7. The van der Waals surface area contributed by atoms with E-state index in [0.29, 0.717) is 5.69 Å². The molecule has 2 aromatic rings. The number of hydrogen-bond donors (Lipinski definition) is 2. The Bertz CT molecular complexity index is 712. The van der Waals surface area contributed by atoms with Crippen LogP contribution in [0.5, 0.6) is 0 Å². The highest BCUT2D eigenvalue weighted by Crippen LogP contribution is 2.55. The number of rotatable bonds is 2. The number of nitrogens with zero attached hydrogens (tertiary/aromatic N) is 1. The number of H-pyrrole nitrogens is 1. The average Bonchev–Trinajstić information content (AvgIpc) is 2.89. The number of hydrogen-bond acceptors (Lipinski definition) is 2. The fourth-order valence-electron chi connectivity index (χ4n) is 5.70. The van der Waals surface area contributed by atoms with Crippen LogP contribution in [0.1, 0.15) is 49.0 Å². The number of aromatic amines is 1. The lowest BCUT2D eigenvalue weighted by atomic mass is 9.53. The van der Waals surface area contributed by atoms with E-state index in [-0.39, 0.29) is 11.4 Å². The minimum absolute atomic E-state index is 0.000556. The van der Waals surface area contributed by atoms with Gasteiger partial charge in [-0.25, -0.2) is 0 Å². The molecule has 1 amide bonds. The molecule has 1 aromatic carbocycles. The van der Waals surface area contributed by atoms with E-state index in [4.69, 9.17) is 0 Å². The molecule has 4 nitrogen and oxygen atoms in total. The van der Waals surface area contributed by atoms with Gasteiger partial charge >= 0.3 is 0 Å². The first-order valence-corrected chi connectivity index (χ1v) is 8.46. The third-order valence-corrected chi connectivity index (χ3v) is 6.10. The maximum absolute atomic E-state index is 12.8. The summed E-state index contributed by atoms with van der Waals surface area (Å²) in [5.74, 6) is 2.51. The summed E-state index contributed by atoms with van der Waals surface area (Å²) in [5.41, 5.74) is 1.52.